The number of cyclic esters (lactones) is 1. The van der Waals surface area contributed by atoms with Crippen molar-refractivity contribution in [1.82, 2.24) is 4.90 Å². The summed E-state index contributed by atoms with van der Waals surface area (Å²) in [6.07, 6.45) is 11.1. The standard InChI is InChI=1S/C25H32ClN2O9P/c26-24-19-14-18(27-37-16-22(30)28-11-7-5-8-12-28)10-6-3-1-2-4-9-13-35-25(31)23(19)20(29)15-21(24)36-17-38(32,33)34/h2,4,6,10,15,29H,1,3,5,7-9,11-14,16-17H2,(H2,32,33,34)/b4-2+,10-6+,27-18+. The summed E-state index contributed by atoms with van der Waals surface area (Å²) in [5, 5.41) is 14.6. The van der Waals surface area contributed by atoms with Crippen LogP contribution in [0.1, 0.15) is 54.4 Å². The first-order chi connectivity index (χ1) is 18.2. The van der Waals surface area contributed by atoms with Crippen LogP contribution < -0.4 is 4.74 Å². The molecule has 0 spiro atoms. The van der Waals surface area contributed by atoms with Crippen LogP contribution >= 0.6 is 19.2 Å². The molecule has 38 heavy (non-hydrogen) atoms. The average Bonchev–Trinajstić information content (AvgIpc) is 2.88. The lowest BCUT2D eigenvalue weighted by molar-refractivity contribution is -0.137. The second-order valence-electron chi connectivity index (χ2n) is 8.85. The van der Waals surface area contributed by atoms with Crippen molar-refractivity contribution in [2.45, 2.75) is 44.9 Å². The fourth-order valence-electron chi connectivity index (χ4n) is 3.97. The van der Waals surface area contributed by atoms with Gasteiger partial charge in [-0.3, -0.25) is 9.36 Å². The van der Waals surface area contributed by atoms with Gasteiger partial charge in [-0.25, -0.2) is 4.79 Å². The molecular weight excluding hydrogens is 539 g/mol. The Morgan fingerprint density at radius 2 is 1.84 bits per heavy atom. The number of carbonyl (C=O) groups excluding carboxylic acids is 2. The van der Waals surface area contributed by atoms with Crippen molar-refractivity contribution in [3.05, 3.63) is 46.5 Å². The number of nitrogens with zero attached hydrogens (tertiary/aromatic N) is 2. The van der Waals surface area contributed by atoms with E-state index in [1.165, 1.54) is 0 Å². The Kier molecular flexibility index (Phi) is 11.2. The van der Waals surface area contributed by atoms with Crippen molar-refractivity contribution in [3.8, 4) is 11.5 Å². The number of benzene rings is 1. The predicted molar refractivity (Wildman–Crippen MR) is 141 cm³/mol. The van der Waals surface area contributed by atoms with Crippen LogP contribution in [0, 0.1) is 0 Å². The number of rotatable bonds is 6. The summed E-state index contributed by atoms with van der Waals surface area (Å²) in [4.78, 5) is 50.8. The van der Waals surface area contributed by atoms with E-state index in [1.54, 1.807) is 11.0 Å². The monoisotopic (exact) mass is 570 g/mol. The number of oxime groups is 1. The number of fused-ring (bicyclic) bond motifs is 1. The normalized spacial score (nSPS) is 20.1. The molecular formula is C25H32ClN2O9P. The number of hydrogen-bond donors (Lipinski definition) is 3. The highest BCUT2D eigenvalue weighted by atomic mass is 35.5. The molecule has 0 radical (unpaired) electrons. The van der Waals surface area contributed by atoms with E-state index in [0.29, 0.717) is 31.6 Å². The zero-order valence-electron chi connectivity index (χ0n) is 20.9. The van der Waals surface area contributed by atoms with Crippen LogP contribution in [-0.2, 0) is 25.4 Å². The van der Waals surface area contributed by atoms with Crippen LogP contribution in [-0.4, -0.2) is 70.0 Å². The first kappa shape index (κ1) is 29.7. The predicted octanol–water partition coefficient (Wildman–Crippen LogP) is 3.94. The third kappa shape index (κ3) is 9.16. The van der Waals surface area contributed by atoms with Crippen LogP contribution in [0.3, 0.4) is 0 Å². The number of phenols is 1. The van der Waals surface area contributed by atoms with Crippen LogP contribution in [0.2, 0.25) is 5.02 Å². The molecule has 2 aliphatic heterocycles. The maximum atomic E-state index is 12.9. The highest BCUT2D eigenvalue weighted by Gasteiger charge is 2.26. The molecule has 0 aromatic heterocycles. The molecule has 2 aliphatic rings. The lowest BCUT2D eigenvalue weighted by Crippen LogP contribution is -2.37. The zero-order chi connectivity index (χ0) is 27.5. The molecule has 1 fully saturated rings. The summed E-state index contributed by atoms with van der Waals surface area (Å²) in [5.74, 6) is -1.79. The molecule has 3 N–H and O–H groups in total. The minimum absolute atomic E-state index is 0.0688. The van der Waals surface area contributed by atoms with Gasteiger partial charge in [0.2, 0.25) is 0 Å². The molecule has 0 aliphatic carbocycles. The summed E-state index contributed by atoms with van der Waals surface area (Å²) in [7, 11) is -4.55. The topological polar surface area (TPSA) is 155 Å². The summed E-state index contributed by atoms with van der Waals surface area (Å²) >= 11 is 6.51. The van der Waals surface area contributed by atoms with Gasteiger partial charge >= 0.3 is 13.6 Å². The molecule has 1 saturated heterocycles. The third-order valence-electron chi connectivity index (χ3n) is 5.83. The van der Waals surface area contributed by atoms with E-state index in [2.05, 4.69) is 5.16 Å². The van der Waals surface area contributed by atoms with Gasteiger partial charge in [-0.2, -0.15) is 0 Å². The first-order valence-electron chi connectivity index (χ1n) is 12.3. The summed E-state index contributed by atoms with van der Waals surface area (Å²) < 4.78 is 21.8. The highest BCUT2D eigenvalue weighted by molar-refractivity contribution is 7.51. The summed E-state index contributed by atoms with van der Waals surface area (Å²) in [6, 6.07) is 1.00. The summed E-state index contributed by atoms with van der Waals surface area (Å²) in [6.45, 7) is 1.15. The number of hydrogen-bond acceptors (Lipinski definition) is 8. The van der Waals surface area contributed by atoms with Gasteiger partial charge in [-0.15, -0.1) is 0 Å². The van der Waals surface area contributed by atoms with Gasteiger partial charge in [0.25, 0.3) is 5.91 Å². The Labute approximate surface area is 225 Å². The van der Waals surface area contributed by atoms with Gasteiger partial charge in [0.05, 0.1) is 17.3 Å². The SMILES string of the molecule is O=C1OCC/C=C/CC/C=C/C(=N\OCC(=O)N2CCCCC2)Cc2c(Cl)c(OCP(=O)(O)O)cc(O)c21. The third-order valence-corrected chi connectivity index (χ3v) is 6.71. The highest BCUT2D eigenvalue weighted by Crippen LogP contribution is 2.41. The van der Waals surface area contributed by atoms with Gasteiger partial charge in [-0.1, -0.05) is 35.0 Å². The van der Waals surface area contributed by atoms with Crippen molar-refractivity contribution >= 4 is 36.8 Å². The van der Waals surface area contributed by atoms with Crippen molar-refractivity contribution in [1.29, 1.82) is 0 Å². The van der Waals surface area contributed by atoms with E-state index >= 15 is 0 Å². The van der Waals surface area contributed by atoms with Crippen LogP contribution in [0.15, 0.2) is 35.5 Å². The number of allylic oxidation sites excluding steroid dienone is 3. The number of phenolic OH excluding ortho intramolecular Hbond substituents is 1. The molecule has 0 bridgehead atoms. The van der Waals surface area contributed by atoms with E-state index in [1.807, 2.05) is 18.2 Å². The number of amides is 1. The maximum absolute atomic E-state index is 12.9. The quantitative estimate of drug-likeness (QED) is 0.199. The summed E-state index contributed by atoms with van der Waals surface area (Å²) in [5.41, 5.74) is 0.129. The van der Waals surface area contributed by atoms with Gasteiger partial charge in [0.15, 0.2) is 13.0 Å². The van der Waals surface area contributed by atoms with Gasteiger partial charge in [0.1, 0.15) is 17.1 Å². The molecule has 0 saturated carbocycles. The van der Waals surface area contributed by atoms with Gasteiger partial charge in [-0.05, 0) is 50.2 Å². The zero-order valence-corrected chi connectivity index (χ0v) is 22.5. The molecule has 1 aromatic carbocycles. The Morgan fingerprint density at radius 1 is 1.13 bits per heavy atom. The first-order valence-corrected chi connectivity index (χ1v) is 14.5. The van der Waals surface area contributed by atoms with Crippen molar-refractivity contribution < 1.29 is 43.4 Å². The van der Waals surface area contributed by atoms with Crippen LogP contribution in [0.4, 0.5) is 0 Å². The molecule has 11 nitrogen and oxygen atoms in total. The van der Waals surface area contributed by atoms with Crippen molar-refractivity contribution in [2.24, 2.45) is 5.16 Å². The van der Waals surface area contributed by atoms with E-state index in [4.69, 9.17) is 25.9 Å². The van der Waals surface area contributed by atoms with E-state index in [9.17, 15) is 29.0 Å². The molecule has 2 heterocycles. The largest absolute Gasteiger partial charge is 0.507 e. The Morgan fingerprint density at radius 3 is 2.58 bits per heavy atom. The number of carbonyl (C=O) groups is 2. The molecule has 13 heteroatoms. The number of halogens is 1. The van der Waals surface area contributed by atoms with Crippen molar-refractivity contribution in [2.75, 3.05) is 32.7 Å². The number of piperidine rings is 1. The Hall–Kier alpha value is -2.85. The fourth-order valence-corrected chi connectivity index (χ4v) is 4.55. The molecule has 0 unspecified atom stereocenters. The molecule has 3 rings (SSSR count). The number of esters is 1. The average molecular weight is 571 g/mol. The smallest absolute Gasteiger partial charge is 0.362 e. The second-order valence-corrected chi connectivity index (χ2v) is 10.8. The van der Waals surface area contributed by atoms with E-state index < -0.39 is 25.7 Å². The van der Waals surface area contributed by atoms with E-state index in [0.717, 1.165) is 31.7 Å². The lowest BCUT2D eigenvalue weighted by atomic mass is 9.99. The van der Waals surface area contributed by atoms with Crippen LogP contribution in [0.25, 0.3) is 0 Å². The van der Waals surface area contributed by atoms with Gasteiger partial charge < -0.3 is 34.1 Å². The van der Waals surface area contributed by atoms with E-state index in [-0.39, 0.29) is 47.4 Å². The number of likely N-dealkylation sites (tertiary alicyclic amines) is 1. The maximum Gasteiger partial charge on any atom is 0.362 e. The number of aromatic hydroxyl groups is 1. The van der Waals surface area contributed by atoms with Crippen molar-refractivity contribution in [3.63, 3.8) is 0 Å². The number of ether oxygens (including phenoxy) is 2. The molecule has 1 aromatic rings. The molecule has 208 valence electrons. The second kappa shape index (κ2) is 14.3. The van der Waals surface area contributed by atoms with Gasteiger partial charge in [0, 0.05) is 25.6 Å². The lowest BCUT2D eigenvalue weighted by Gasteiger charge is -2.26. The Bertz CT molecular complexity index is 1140. The van der Waals surface area contributed by atoms with Crippen LogP contribution in [0.5, 0.6) is 11.5 Å². The fraction of sp³-hybridized carbons (Fsp3) is 0.480. The minimum atomic E-state index is -4.55. The molecule has 0 atom stereocenters. The minimum Gasteiger partial charge on any atom is -0.507 e. The Balaban J connectivity index is 1.93. The molecule has 1 amide bonds.